The van der Waals surface area contributed by atoms with Gasteiger partial charge in [0.15, 0.2) is 0 Å². The molecule has 2 N–H and O–H groups in total. The van der Waals surface area contributed by atoms with Gasteiger partial charge in [-0.25, -0.2) is 0 Å². The van der Waals surface area contributed by atoms with Gasteiger partial charge < -0.3 is 15.2 Å². The van der Waals surface area contributed by atoms with E-state index in [0.717, 1.165) is 31.9 Å². The van der Waals surface area contributed by atoms with Crippen molar-refractivity contribution in [3.05, 3.63) is 0 Å². The zero-order valence-corrected chi connectivity index (χ0v) is 13.2. The van der Waals surface area contributed by atoms with Gasteiger partial charge in [-0.1, -0.05) is 26.7 Å². The van der Waals surface area contributed by atoms with E-state index in [4.69, 9.17) is 4.74 Å². The molecule has 3 fully saturated rings. The van der Waals surface area contributed by atoms with E-state index in [1.807, 2.05) is 0 Å². The molecule has 2 saturated carbocycles. The molecule has 1 spiro atoms. The van der Waals surface area contributed by atoms with Crippen LogP contribution < -0.4 is 5.32 Å². The number of aliphatic hydroxyl groups is 1. The summed E-state index contributed by atoms with van der Waals surface area (Å²) < 4.78 is 6.04. The molecular weight excluding hydrogens is 250 g/mol. The van der Waals surface area contributed by atoms with Crippen molar-refractivity contribution in [2.75, 3.05) is 19.8 Å². The number of aliphatic hydroxyl groups excluding tert-OH is 1. The normalized spacial score (nSPS) is 35.2. The maximum atomic E-state index is 9.76. The van der Waals surface area contributed by atoms with E-state index in [9.17, 15) is 5.11 Å². The minimum atomic E-state index is 0.0738. The molecular formula is C17H31NO2. The number of ether oxygens (including phenoxy) is 1. The maximum Gasteiger partial charge on any atom is 0.0690 e. The Morgan fingerprint density at radius 2 is 1.95 bits per heavy atom. The Kier molecular flexibility index (Phi) is 4.13. The third kappa shape index (κ3) is 2.05. The first-order valence-electron chi connectivity index (χ1n) is 8.67. The molecule has 3 aliphatic rings. The fraction of sp³-hybridized carbons (Fsp3) is 1.00. The number of rotatable bonds is 6. The summed E-state index contributed by atoms with van der Waals surface area (Å²) in [6.07, 6.45) is 9.30. The minimum absolute atomic E-state index is 0.0738. The SMILES string of the molecule is CCC(CC)(CO)CNC1C2CCOC2C12CCCC2. The number of hydrogen-bond acceptors (Lipinski definition) is 3. The summed E-state index contributed by atoms with van der Waals surface area (Å²) in [4.78, 5) is 0. The number of fused-ring (bicyclic) bond motifs is 2. The molecule has 116 valence electrons. The van der Waals surface area contributed by atoms with Crippen LogP contribution in [0.1, 0.15) is 58.8 Å². The molecule has 0 bridgehead atoms. The summed E-state index contributed by atoms with van der Waals surface area (Å²) >= 11 is 0. The highest BCUT2D eigenvalue weighted by molar-refractivity contribution is 5.16. The first kappa shape index (κ1) is 14.8. The molecule has 1 heterocycles. The Morgan fingerprint density at radius 3 is 2.55 bits per heavy atom. The summed E-state index contributed by atoms with van der Waals surface area (Å²) in [7, 11) is 0. The van der Waals surface area contributed by atoms with E-state index in [1.165, 1.54) is 32.1 Å². The first-order valence-corrected chi connectivity index (χ1v) is 8.67. The molecule has 2 aliphatic carbocycles. The summed E-state index contributed by atoms with van der Waals surface area (Å²) in [5.41, 5.74) is 0.508. The van der Waals surface area contributed by atoms with Gasteiger partial charge in [0.1, 0.15) is 0 Å². The van der Waals surface area contributed by atoms with Crippen molar-refractivity contribution in [3.63, 3.8) is 0 Å². The fourth-order valence-corrected chi connectivity index (χ4v) is 5.11. The monoisotopic (exact) mass is 281 g/mol. The van der Waals surface area contributed by atoms with Crippen LogP contribution in [0.5, 0.6) is 0 Å². The highest BCUT2D eigenvalue weighted by Crippen LogP contribution is 2.60. The van der Waals surface area contributed by atoms with E-state index in [-0.39, 0.29) is 5.41 Å². The van der Waals surface area contributed by atoms with Crippen molar-refractivity contribution >= 4 is 0 Å². The van der Waals surface area contributed by atoms with Crippen molar-refractivity contribution in [2.24, 2.45) is 16.7 Å². The largest absolute Gasteiger partial charge is 0.396 e. The van der Waals surface area contributed by atoms with Crippen LogP contribution >= 0.6 is 0 Å². The Morgan fingerprint density at radius 1 is 1.25 bits per heavy atom. The second kappa shape index (κ2) is 5.58. The van der Waals surface area contributed by atoms with Crippen LogP contribution in [0.3, 0.4) is 0 Å². The van der Waals surface area contributed by atoms with Crippen LogP contribution in [0.25, 0.3) is 0 Å². The van der Waals surface area contributed by atoms with Gasteiger partial charge in [-0.15, -0.1) is 0 Å². The molecule has 1 saturated heterocycles. The molecule has 3 unspecified atom stereocenters. The first-order chi connectivity index (χ1) is 9.71. The average Bonchev–Trinajstić information content (AvgIpc) is 3.12. The highest BCUT2D eigenvalue weighted by atomic mass is 16.5. The van der Waals surface area contributed by atoms with Gasteiger partial charge in [-0.3, -0.25) is 0 Å². The second-order valence-corrected chi connectivity index (χ2v) is 7.41. The number of hydrogen-bond donors (Lipinski definition) is 2. The van der Waals surface area contributed by atoms with E-state index in [2.05, 4.69) is 19.2 Å². The molecule has 20 heavy (non-hydrogen) atoms. The van der Waals surface area contributed by atoms with Gasteiger partial charge in [0.25, 0.3) is 0 Å². The second-order valence-electron chi connectivity index (χ2n) is 7.41. The molecule has 0 amide bonds. The van der Waals surface area contributed by atoms with Gasteiger partial charge in [0.05, 0.1) is 6.10 Å². The van der Waals surface area contributed by atoms with Gasteiger partial charge in [0, 0.05) is 42.5 Å². The smallest absolute Gasteiger partial charge is 0.0690 e. The standard InChI is InChI=1S/C17H31NO2/c1-3-16(4-2,12-19)11-18-14-13-7-10-20-15(13)17(14)8-5-6-9-17/h13-15,18-19H,3-12H2,1-2H3. The van der Waals surface area contributed by atoms with E-state index < -0.39 is 0 Å². The summed E-state index contributed by atoms with van der Waals surface area (Å²) in [6, 6.07) is 0.640. The van der Waals surface area contributed by atoms with Crippen LogP contribution in [-0.4, -0.2) is 37.0 Å². The molecule has 0 aromatic heterocycles. The molecule has 3 rings (SSSR count). The Labute approximate surface area is 123 Å². The topological polar surface area (TPSA) is 41.5 Å². The third-order valence-electron chi connectivity index (χ3n) is 6.82. The third-order valence-corrected chi connectivity index (χ3v) is 6.82. The van der Waals surface area contributed by atoms with Crippen molar-refractivity contribution < 1.29 is 9.84 Å². The maximum absolute atomic E-state index is 9.76. The average molecular weight is 281 g/mol. The molecule has 3 heteroatoms. The molecule has 0 aromatic rings. The lowest BCUT2D eigenvalue weighted by Crippen LogP contribution is -2.68. The number of nitrogens with one attached hydrogen (secondary N) is 1. The Bertz CT molecular complexity index is 326. The van der Waals surface area contributed by atoms with E-state index >= 15 is 0 Å². The fourth-order valence-electron chi connectivity index (χ4n) is 5.11. The molecule has 0 aromatic carbocycles. The summed E-state index contributed by atoms with van der Waals surface area (Å²) in [5, 5.41) is 13.6. The predicted octanol–water partition coefficient (Wildman–Crippen LogP) is 2.72. The van der Waals surface area contributed by atoms with Gasteiger partial charge >= 0.3 is 0 Å². The van der Waals surface area contributed by atoms with Gasteiger partial charge in [-0.05, 0) is 32.1 Å². The molecule has 0 radical (unpaired) electrons. The lowest BCUT2D eigenvalue weighted by Gasteiger charge is -2.57. The molecule has 3 atom stereocenters. The van der Waals surface area contributed by atoms with Crippen LogP contribution in [0.4, 0.5) is 0 Å². The Hall–Kier alpha value is -0.120. The van der Waals surface area contributed by atoms with Crippen molar-refractivity contribution in [1.82, 2.24) is 5.32 Å². The zero-order valence-electron chi connectivity index (χ0n) is 13.2. The summed E-state index contributed by atoms with van der Waals surface area (Å²) in [6.45, 7) is 6.63. The van der Waals surface area contributed by atoms with Crippen LogP contribution in [-0.2, 0) is 4.74 Å². The zero-order chi connectivity index (χ0) is 14.2. The minimum Gasteiger partial charge on any atom is -0.396 e. The lowest BCUT2D eigenvalue weighted by molar-refractivity contribution is -0.133. The quantitative estimate of drug-likeness (QED) is 0.786. The van der Waals surface area contributed by atoms with Gasteiger partial charge in [0.2, 0.25) is 0 Å². The Balaban J connectivity index is 1.67. The van der Waals surface area contributed by atoms with Crippen molar-refractivity contribution in [3.8, 4) is 0 Å². The van der Waals surface area contributed by atoms with E-state index in [1.54, 1.807) is 0 Å². The lowest BCUT2D eigenvalue weighted by atomic mass is 9.54. The summed E-state index contributed by atoms with van der Waals surface area (Å²) in [5.74, 6) is 0.734. The van der Waals surface area contributed by atoms with Crippen LogP contribution in [0, 0.1) is 16.7 Å². The molecule has 1 aliphatic heterocycles. The van der Waals surface area contributed by atoms with Crippen molar-refractivity contribution in [1.29, 1.82) is 0 Å². The van der Waals surface area contributed by atoms with Crippen LogP contribution in [0.15, 0.2) is 0 Å². The van der Waals surface area contributed by atoms with Crippen LogP contribution in [0.2, 0.25) is 0 Å². The van der Waals surface area contributed by atoms with E-state index in [0.29, 0.717) is 24.2 Å². The highest BCUT2D eigenvalue weighted by Gasteiger charge is 2.64. The predicted molar refractivity (Wildman–Crippen MR) is 80.6 cm³/mol. The van der Waals surface area contributed by atoms with Gasteiger partial charge in [-0.2, -0.15) is 0 Å². The van der Waals surface area contributed by atoms with Crippen molar-refractivity contribution in [2.45, 2.75) is 70.9 Å². The molecule has 3 nitrogen and oxygen atoms in total.